The van der Waals surface area contributed by atoms with Crippen molar-refractivity contribution >= 4 is 17.7 Å². The molecule has 0 unspecified atom stereocenters. The van der Waals surface area contributed by atoms with Gasteiger partial charge in [0, 0.05) is 37.3 Å². The average Bonchev–Trinajstić information content (AvgIpc) is 2.81. The second kappa shape index (κ2) is 10.2. The molecular formula is C24H29N3O5. The summed E-state index contributed by atoms with van der Waals surface area (Å²) < 4.78 is 10.6. The van der Waals surface area contributed by atoms with Crippen LogP contribution in [0.2, 0.25) is 0 Å². The number of ether oxygens (including phenoxy) is 2. The van der Waals surface area contributed by atoms with Crippen molar-refractivity contribution in [2.24, 2.45) is 5.73 Å². The monoisotopic (exact) mass is 439 g/mol. The van der Waals surface area contributed by atoms with E-state index in [4.69, 9.17) is 15.2 Å². The molecule has 3 rings (SSSR count). The molecule has 1 aliphatic heterocycles. The highest BCUT2D eigenvalue weighted by molar-refractivity contribution is 5.96. The summed E-state index contributed by atoms with van der Waals surface area (Å²) >= 11 is 0. The average molecular weight is 440 g/mol. The number of methoxy groups -OCH3 is 1. The van der Waals surface area contributed by atoms with Gasteiger partial charge in [0.05, 0.1) is 7.11 Å². The quantitative estimate of drug-likeness (QED) is 0.713. The van der Waals surface area contributed by atoms with Crippen LogP contribution in [0, 0.1) is 0 Å². The van der Waals surface area contributed by atoms with Gasteiger partial charge in [0.25, 0.3) is 17.7 Å². The van der Waals surface area contributed by atoms with Crippen molar-refractivity contribution in [2.75, 3.05) is 39.9 Å². The predicted molar refractivity (Wildman–Crippen MR) is 120 cm³/mol. The topological polar surface area (TPSA) is 102 Å². The van der Waals surface area contributed by atoms with Crippen molar-refractivity contribution in [3.63, 3.8) is 0 Å². The molecule has 0 aliphatic carbocycles. The SMILES string of the molecule is COc1cc(C(=O)N2CCN(C(=O)c3ccc(C(C)C)cc3)CC2)ccc1OCC(N)=O. The van der Waals surface area contributed by atoms with E-state index in [0.717, 1.165) is 0 Å². The standard InChI is InChI=1S/C24H29N3O5/c1-16(2)17-4-6-18(7-5-17)23(29)26-10-12-27(13-11-26)24(30)19-8-9-20(21(14-19)31-3)32-15-22(25)28/h4-9,14,16H,10-13,15H2,1-3H3,(H2,25,28). The van der Waals surface area contributed by atoms with Crippen molar-refractivity contribution in [3.05, 3.63) is 59.2 Å². The summed E-state index contributed by atoms with van der Waals surface area (Å²) in [6.45, 7) is 5.77. The number of primary amides is 1. The summed E-state index contributed by atoms with van der Waals surface area (Å²) in [5.41, 5.74) is 7.39. The van der Waals surface area contributed by atoms with Crippen molar-refractivity contribution in [1.82, 2.24) is 9.80 Å². The van der Waals surface area contributed by atoms with Gasteiger partial charge in [-0.1, -0.05) is 26.0 Å². The van der Waals surface area contributed by atoms with Gasteiger partial charge in [0.1, 0.15) is 0 Å². The number of rotatable bonds is 7. The fourth-order valence-electron chi connectivity index (χ4n) is 3.56. The molecule has 0 bridgehead atoms. The van der Waals surface area contributed by atoms with E-state index in [9.17, 15) is 14.4 Å². The molecule has 0 saturated carbocycles. The summed E-state index contributed by atoms with van der Waals surface area (Å²) in [6.07, 6.45) is 0. The highest BCUT2D eigenvalue weighted by atomic mass is 16.5. The summed E-state index contributed by atoms with van der Waals surface area (Å²) in [7, 11) is 1.46. The Kier molecular flexibility index (Phi) is 7.35. The number of hydrogen-bond donors (Lipinski definition) is 1. The van der Waals surface area contributed by atoms with Crippen LogP contribution in [0.25, 0.3) is 0 Å². The van der Waals surface area contributed by atoms with Crippen molar-refractivity contribution in [3.8, 4) is 11.5 Å². The number of piperazine rings is 1. The molecule has 1 aliphatic rings. The van der Waals surface area contributed by atoms with Gasteiger partial charge >= 0.3 is 0 Å². The van der Waals surface area contributed by atoms with Crippen LogP contribution >= 0.6 is 0 Å². The van der Waals surface area contributed by atoms with Crippen LogP contribution in [-0.4, -0.2) is 67.4 Å². The summed E-state index contributed by atoms with van der Waals surface area (Å²) in [5, 5.41) is 0. The zero-order valence-electron chi connectivity index (χ0n) is 18.7. The second-order valence-electron chi connectivity index (χ2n) is 7.98. The molecule has 0 atom stereocenters. The lowest BCUT2D eigenvalue weighted by Gasteiger charge is -2.35. The van der Waals surface area contributed by atoms with Gasteiger partial charge in [-0.2, -0.15) is 0 Å². The first-order valence-electron chi connectivity index (χ1n) is 10.6. The van der Waals surface area contributed by atoms with E-state index in [0.29, 0.717) is 54.7 Å². The van der Waals surface area contributed by atoms with E-state index in [1.54, 1.807) is 28.0 Å². The summed E-state index contributed by atoms with van der Waals surface area (Å²) in [6, 6.07) is 12.5. The number of nitrogens with zero attached hydrogens (tertiary/aromatic N) is 2. The predicted octanol–water partition coefficient (Wildman–Crippen LogP) is 2.28. The van der Waals surface area contributed by atoms with Gasteiger partial charge in [-0.15, -0.1) is 0 Å². The van der Waals surface area contributed by atoms with Crippen LogP contribution in [-0.2, 0) is 4.79 Å². The molecule has 0 radical (unpaired) electrons. The van der Waals surface area contributed by atoms with Gasteiger partial charge < -0.3 is 25.0 Å². The minimum absolute atomic E-state index is 0.0231. The Labute approximate surface area is 187 Å². The summed E-state index contributed by atoms with van der Waals surface area (Å²) in [5.74, 6) is 0.312. The fraction of sp³-hybridized carbons (Fsp3) is 0.375. The maximum Gasteiger partial charge on any atom is 0.255 e. The van der Waals surface area contributed by atoms with Gasteiger partial charge in [0.2, 0.25) is 0 Å². The Morgan fingerprint density at radius 2 is 1.41 bits per heavy atom. The fourth-order valence-corrected chi connectivity index (χ4v) is 3.56. The number of carbonyl (C=O) groups is 3. The van der Waals surface area contributed by atoms with Crippen LogP contribution in [0.1, 0.15) is 46.0 Å². The third-order valence-electron chi connectivity index (χ3n) is 5.46. The van der Waals surface area contributed by atoms with E-state index < -0.39 is 5.91 Å². The molecule has 0 spiro atoms. The molecule has 2 N–H and O–H groups in total. The molecule has 8 heteroatoms. The molecule has 170 valence electrons. The molecule has 8 nitrogen and oxygen atoms in total. The minimum atomic E-state index is -0.601. The van der Waals surface area contributed by atoms with Crippen LogP contribution in [0.3, 0.4) is 0 Å². The molecule has 0 aromatic heterocycles. The van der Waals surface area contributed by atoms with E-state index in [1.165, 1.54) is 12.7 Å². The molecule has 2 aromatic rings. The van der Waals surface area contributed by atoms with Crippen LogP contribution in [0.15, 0.2) is 42.5 Å². The number of amides is 3. The highest BCUT2D eigenvalue weighted by Gasteiger charge is 2.26. The lowest BCUT2D eigenvalue weighted by atomic mass is 10.0. The second-order valence-corrected chi connectivity index (χ2v) is 7.98. The van der Waals surface area contributed by atoms with Crippen molar-refractivity contribution in [1.29, 1.82) is 0 Å². The van der Waals surface area contributed by atoms with Crippen molar-refractivity contribution in [2.45, 2.75) is 19.8 Å². The van der Waals surface area contributed by atoms with Crippen LogP contribution < -0.4 is 15.2 Å². The third kappa shape index (κ3) is 5.38. The van der Waals surface area contributed by atoms with Gasteiger partial charge in [0.15, 0.2) is 18.1 Å². The Morgan fingerprint density at radius 1 is 0.875 bits per heavy atom. The number of benzene rings is 2. The van der Waals surface area contributed by atoms with Gasteiger partial charge in [-0.3, -0.25) is 14.4 Å². The highest BCUT2D eigenvalue weighted by Crippen LogP contribution is 2.28. The largest absolute Gasteiger partial charge is 0.493 e. The van der Waals surface area contributed by atoms with E-state index >= 15 is 0 Å². The van der Waals surface area contributed by atoms with Gasteiger partial charge in [-0.05, 0) is 41.8 Å². The Morgan fingerprint density at radius 3 is 1.91 bits per heavy atom. The summed E-state index contributed by atoms with van der Waals surface area (Å²) in [4.78, 5) is 40.2. The number of hydrogen-bond acceptors (Lipinski definition) is 5. The van der Waals surface area contributed by atoms with E-state index in [-0.39, 0.29) is 18.4 Å². The normalized spacial score (nSPS) is 13.8. The Bertz CT molecular complexity index is 980. The van der Waals surface area contributed by atoms with E-state index in [2.05, 4.69) is 13.8 Å². The van der Waals surface area contributed by atoms with Gasteiger partial charge in [-0.25, -0.2) is 0 Å². The molecule has 1 fully saturated rings. The minimum Gasteiger partial charge on any atom is -0.493 e. The van der Waals surface area contributed by atoms with Crippen LogP contribution in [0.4, 0.5) is 0 Å². The zero-order chi connectivity index (χ0) is 23.3. The molecule has 32 heavy (non-hydrogen) atoms. The Hall–Kier alpha value is -3.55. The third-order valence-corrected chi connectivity index (χ3v) is 5.46. The number of carbonyl (C=O) groups excluding carboxylic acids is 3. The molecular weight excluding hydrogens is 410 g/mol. The lowest BCUT2D eigenvalue weighted by molar-refractivity contribution is -0.119. The molecule has 2 aromatic carbocycles. The molecule has 1 saturated heterocycles. The maximum atomic E-state index is 12.9. The molecule has 1 heterocycles. The first kappa shape index (κ1) is 23.1. The zero-order valence-corrected chi connectivity index (χ0v) is 18.7. The molecule has 3 amide bonds. The number of nitrogens with two attached hydrogens (primary N) is 1. The lowest BCUT2D eigenvalue weighted by Crippen LogP contribution is -2.50. The first-order chi connectivity index (χ1) is 15.3. The maximum absolute atomic E-state index is 12.9. The van der Waals surface area contributed by atoms with Crippen LogP contribution in [0.5, 0.6) is 11.5 Å². The Balaban J connectivity index is 1.61. The van der Waals surface area contributed by atoms with Crippen molar-refractivity contribution < 1.29 is 23.9 Å². The van der Waals surface area contributed by atoms with E-state index in [1.807, 2.05) is 24.3 Å². The smallest absolute Gasteiger partial charge is 0.255 e. The first-order valence-corrected chi connectivity index (χ1v) is 10.6.